The van der Waals surface area contributed by atoms with Crippen LogP contribution in [0.4, 0.5) is 0 Å². The van der Waals surface area contributed by atoms with E-state index in [1.165, 1.54) is 161 Å². The van der Waals surface area contributed by atoms with Crippen LogP contribution in [0.1, 0.15) is 285 Å². The molecule has 1 aliphatic rings. The minimum absolute atomic E-state index is 0.000958. The summed E-state index contributed by atoms with van der Waals surface area (Å²) >= 11 is 0. The predicted molar refractivity (Wildman–Crippen MR) is 265 cm³/mol. The van der Waals surface area contributed by atoms with E-state index in [2.05, 4.69) is 37.5 Å². The number of ether oxygens (including phenoxy) is 2. The van der Waals surface area contributed by atoms with Gasteiger partial charge in [0.15, 0.2) is 0 Å². The van der Waals surface area contributed by atoms with Crippen molar-refractivity contribution < 1.29 is 23.9 Å². The second-order valence-corrected chi connectivity index (χ2v) is 19.6. The first-order chi connectivity index (χ1) is 30.4. The van der Waals surface area contributed by atoms with Gasteiger partial charge in [-0.15, -0.1) is 0 Å². The molecule has 0 spiro atoms. The Balaban J connectivity index is 2.31. The molecule has 0 aromatic carbocycles. The summed E-state index contributed by atoms with van der Waals surface area (Å²) in [6.45, 7) is 14.0. The summed E-state index contributed by atoms with van der Waals surface area (Å²) in [6.07, 6.45) is 46.8. The van der Waals surface area contributed by atoms with Crippen molar-refractivity contribution in [3.05, 3.63) is 0 Å². The van der Waals surface area contributed by atoms with Crippen molar-refractivity contribution in [2.45, 2.75) is 291 Å². The van der Waals surface area contributed by atoms with Gasteiger partial charge in [0, 0.05) is 25.9 Å². The zero-order valence-corrected chi connectivity index (χ0v) is 42.1. The highest BCUT2D eigenvalue weighted by Gasteiger charge is 2.20. The summed E-state index contributed by atoms with van der Waals surface area (Å²) in [5.74, 6) is 1.05. The second kappa shape index (κ2) is 44.6. The highest BCUT2D eigenvalue weighted by Crippen LogP contribution is 2.24. The Morgan fingerprint density at radius 2 is 0.839 bits per heavy atom. The van der Waals surface area contributed by atoms with Gasteiger partial charge in [-0.25, -0.2) is 0 Å². The van der Waals surface area contributed by atoms with E-state index in [1.807, 2.05) is 0 Å². The molecule has 0 aliphatic carbocycles. The second-order valence-electron chi connectivity index (χ2n) is 19.6. The van der Waals surface area contributed by atoms with Crippen LogP contribution in [-0.2, 0) is 23.9 Å². The van der Waals surface area contributed by atoms with Gasteiger partial charge in [0.25, 0.3) is 0 Å². The van der Waals surface area contributed by atoms with Gasteiger partial charge in [-0.2, -0.15) is 0 Å². The van der Waals surface area contributed by atoms with Crippen LogP contribution in [0.2, 0.25) is 0 Å². The van der Waals surface area contributed by atoms with Gasteiger partial charge in [-0.3, -0.25) is 19.3 Å². The summed E-state index contributed by atoms with van der Waals surface area (Å²) in [7, 11) is 0. The maximum Gasteiger partial charge on any atom is 0.306 e. The van der Waals surface area contributed by atoms with Crippen LogP contribution in [0.3, 0.4) is 0 Å². The standard InChI is InChI=1S/C55H106N2O5/c1-5-9-13-17-21-29-41-52(42-30-22-18-14-10-6-2)62-55(60)44-32-24-20-26-34-48-57(53(58)50-56-45-35-36-46-56)47-33-25-19-23-31-43-54(59)61-49-37-40-51(38-27-15-11-7-3)39-28-16-12-8-4/h51-52H,5-50H2,1-4H3. The molecule has 1 heterocycles. The molecule has 1 amide bonds. The highest BCUT2D eigenvalue weighted by atomic mass is 16.5. The molecule has 0 N–H and O–H groups in total. The molecule has 62 heavy (non-hydrogen) atoms. The van der Waals surface area contributed by atoms with E-state index < -0.39 is 0 Å². The molecule has 0 saturated carbocycles. The lowest BCUT2D eigenvalue weighted by Gasteiger charge is -2.25. The van der Waals surface area contributed by atoms with Gasteiger partial charge >= 0.3 is 11.9 Å². The number of rotatable bonds is 47. The fourth-order valence-corrected chi connectivity index (χ4v) is 9.39. The Morgan fingerprint density at radius 3 is 1.34 bits per heavy atom. The van der Waals surface area contributed by atoms with Gasteiger partial charge in [0.1, 0.15) is 6.10 Å². The highest BCUT2D eigenvalue weighted by molar-refractivity contribution is 5.78. The van der Waals surface area contributed by atoms with Crippen LogP contribution in [0.5, 0.6) is 0 Å². The molecule has 7 nitrogen and oxygen atoms in total. The summed E-state index contributed by atoms with van der Waals surface area (Å²) in [6, 6.07) is 0. The molecule has 1 saturated heterocycles. The van der Waals surface area contributed by atoms with Gasteiger partial charge in [-0.1, -0.05) is 195 Å². The lowest BCUT2D eigenvalue weighted by molar-refractivity contribution is -0.150. The van der Waals surface area contributed by atoms with Crippen LogP contribution >= 0.6 is 0 Å². The molecular formula is C55H106N2O5. The smallest absolute Gasteiger partial charge is 0.306 e. The van der Waals surface area contributed by atoms with E-state index in [0.29, 0.717) is 26.0 Å². The zero-order valence-electron chi connectivity index (χ0n) is 42.1. The number of hydrogen-bond acceptors (Lipinski definition) is 6. The zero-order chi connectivity index (χ0) is 45.0. The van der Waals surface area contributed by atoms with Crippen LogP contribution < -0.4 is 0 Å². The van der Waals surface area contributed by atoms with Crippen molar-refractivity contribution in [3.8, 4) is 0 Å². The fraction of sp³-hybridized carbons (Fsp3) is 0.945. The first-order valence-electron chi connectivity index (χ1n) is 27.8. The molecule has 1 rings (SSSR count). The van der Waals surface area contributed by atoms with E-state index in [4.69, 9.17) is 9.47 Å². The average Bonchev–Trinajstić information content (AvgIpc) is 3.78. The van der Waals surface area contributed by atoms with Gasteiger partial charge in [-0.05, 0) is 96.1 Å². The maximum absolute atomic E-state index is 13.4. The van der Waals surface area contributed by atoms with Crippen LogP contribution in [0.15, 0.2) is 0 Å². The molecule has 366 valence electrons. The molecule has 0 bridgehead atoms. The Morgan fingerprint density at radius 1 is 0.452 bits per heavy atom. The van der Waals surface area contributed by atoms with E-state index in [0.717, 1.165) is 116 Å². The Kier molecular flexibility index (Phi) is 42.0. The Labute approximate surface area is 386 Å². The van der Waals surface area contributed by atoms with Crippen LogP contribution in [0, 0.1) is 5.92 Å². The topological polar surface area (TPSA) is 76.1 Å². The number of hydrogen-bond donors (Lipinski definition) is 0. The molecule has 7 heteroatoms. The number of carbonyl (C=O) groups is 3. The van der Waals surface area contributed by atoms with Crippen LogP contribution in [0.25, 0.3) is 0 Å². The minimum atomic E-state index is -0.0303. The van der Waals surface area contributed by atoms with E-state index in [9.17, 15) is 14.4 Å². The molecule has 1 aliphatic heterocycles. The number of nitrogens with zero attached hydrogens (tertiary/aromatic N) is 2. The maximum atomic E-state index is 13.4. The average molecular weight is 875 g/mol. The van der Waals surface area contributed by atoms with Crippen molar-refractivity contribution in [1.29, 1.82) is 0 Å². The number of unbranched alkanes of at least 4 members (excludes halogenated alkanes) is 24. The third-order valence-electron chi connectivity index (χ3n) is 13.5. The number of likely N-dealkylation sites (tertiary alicyclic amines) is 1. The predicted octanol–water partition coefficient (Wildman–Crippen LogP) is 15.9. The van der Waals surface area contributed by atoms with Crippen LogP contribution in [-0.4, -0.2) is 73.1 Å². The molecule has 0 unspecified atom stereocenters. The molecule has 1 fully saturated rings. The normalized spacial score (nSPS) is 13.1. The molecule has 0 atom stereocenters. The van der Waals surface area contributed by atoms with Crippen molar-refractivity contribution in [2.24, 2.45) is 5.92 Å². The third kappa shape index (κ3) is 36.7. The molecule has 0 aromatic rings. The summed E-state index contributed by atoms with van der Waals surface area (Å²) in [5.41, 5.74) is 0. The van der Waals surface area contributed by atoms with Gasteiger partial charge < -0.3 is 14.4 Å². The number of amides is 1. The quantitative estimate of drug-likeness (QED) is 0.0448. The molecule has 0 radical (unpaired) electrons. The van der Waals surface area contributed by atoms with Crippen molar-refractivity contribution in [3.63, 3.8) is 0 Å². The molecular weight excluding hydrogens is 769 g/mol. The lowest BCUT2D eigenvalue weighted by atomic mass is 9.91. The fourth-order valence-electron chi connectivity index (χ4n) is 9.39. The van der Waals surface area contributed by atoms with Crippen molar-refractivity contribution in [1.82, 2.24) is 9.80 Å². The third-order valence-corrected chi connectivity index (χ3v) is 13.5. The minimum Gasteiger partial charge on any atom is -0.466 e. The SMILES string of the molecule is CCCCCCCCC(CCCCCCCC)OC(=O)CCCCCCCN(CCCCCCCC(=O)OCCCC(CCCCCC)CCCCCC)C(=O)CN1CCCC1. The number of esters is 2. The summed E-state index contributed by atoms with van der Waals surface area (Å²) < 4.78 is 11.7. The summed E-state index contributed by atoms with van der Waals surface area (Å²) in [4.78, 5) is 43.2. The lowest BCUT2D eigenvalue weighted by Crippen LogP contribution is -2.40. The molecule has 0 aromatic heterocycles. The van der Waals surface area contributed by atoms with E-state index in [1.54, 1.807) is 0 Å². The largest absolute Gasteiger partial charge is 0.466 e. The Hall–Kier alpha value is -1.63. The van der Waals surface area contributed by atoms with Gasteiger partial charge in [0.2, 0.25) is 5.91 Å². The number of carbonyl (C=O) groups excluding carboxylic acids is 3. The van der Waals surface area contributed by atoms with Crippen molar-refractivity contribution >= 4 is 17.8 Å². The van der Waals surface area contributed by atoms with E-state index in [-0.39, 0.29) is 23.9 Å². The first kappa shape index (κ1) is 58.4. The Bertz CT molecular complexity index is 972. The monoisotopic (exact) mass is 875 g/mol. The summed E-state index contributed by atoms with van der Waals surface area (Å²) in [5, 5.41) is 0. The van der Waals surface area contributed by atoms with E-state index >= 15 is 0 Å². The van der Waals surface area contributed by atoms with Gasteiger partial charge in [0.05, 0.1) is 13.2 Å². The van der Waals surface area contributed by atoms with Crippen molar-refractivity contribution in [2.75, 3.05) is 39.3 Å². The first-order valence-corrected chi connectivity index (χ1v) is 27.8.